The Morgan fingerprint density at radius 2 is 2.11 bits per heavy atom. The van der Waals surface area contributed by atoms with E-state index in [9.17, 15) is 9.59 Å². The zero-order valence-electron chi connectivity index (χ0n) is 16.3. The Balaban J connectivity index is 1.54. The van der Waals surface area contributed by atoms with Gasteiger partial charge in [-0.1, -0.05) is 30.9 Å². The summed E-state index contributed by atoms with van der Waals surface area (Å²) in [6.45, 7) is 3.58. The maximum atomic E-state index is 12.7. The van der Waals surface area contributed by atoms with E-state index in [0.29, 0.717) is 29.9 Å². The first-order chi connectivity index (χ1) is 13.6. The summed E-state index contributed by atoms with van der Waals surface area (Å²) in [5.41, 5.74) is 0.726. The Bertz CT molecular complexity index is 732. The standard InChI is InChI=1S/C21H28ClN3O3/c1-2-28-19(26)9-8-15-12-18(22)20(23-13-15)24-17-10-11-25(14-17)21(27)16-6-4-3-5-7-16/h8-9,12-13,16-17H,2-7,10-11,14H2,1H3,(H,23,24)/b9-8+/t17-/m1/s1. The van der Waals surface area contributed by atoms with E-state index in [1.165, 1.54) is 25.3 Å². The first-order valence-corrected chi connectivity index (χ1v) is 10.5. The number of nitrogens with one attached hydrogen (secondary N) is 1. The predicted octanol–water partition coefficient (Wildman–Crippen LogP) is 3.90. The fourth-order valence-corrected chi connectivity index (χ4v) is 4.11. The smallest absolute Gasteiger partial charge is 0.330 e. The van der Waals surface area contributed by atoms with Crippen molar-refractivity contribution in [3.8, 4) is 0 Å². The molecule has 1 amide bonds. The summed E-state index contributed by atoms with van der Waals surface area (Å²) in [5.74, 6) is 0.726. The molecule has 1 aliphatic carbocycles. The number of anilines is 1. The van der Waals surface area contributed by atoms with Gasteiger partial charge in [-0.15, -0.1) is 0 Å². The number of hydrogen-bond donors (Lipinski definition) is 1. The minimum absolute atomic E-state index is 0.151. The molecule has 0 aromatic carbocycles. The van der Waals surface area contributed by atoms with E-state index in [1.54, 1.807) is 25.3 Å². The van der Waals surface area contributed by atoms with Gasteiger partial charge in [0.2, 0.25) is 5.91 Å². The predicted molar refractivity (Wildman–Crippen MR) is 110 cm³/mol. The average Bonchev–Trinajstić information content (AvgIpc) is 3.17. The summed E-state index contributed by atoms with van der Waals surface area (Å²) in [6, 6.07) is 1.91. The lowest BCUT2D eigenvalue weighted by Gasteiger charge is -2.26. The van der Waals surface area contributed by atoms with Gasteiger partial charge in [0, 0.05) is 37.3 Å². The van der Waals surface area contributed by atoms with Gasteiger partial charge in [0.25, 0.3) is 0 Å². The number of likely N-dealkylation sites (tertiary alicyclic amines) is 1. The molecule has 1 aliphatic heterocycles. The van der Waals surface area contributed by atoms with Crippen molar-refractivity contribution in [2.75, 3.05) is 25.0 Å². The van der Waals surface area contributed by atoms with Crippen LogP contribution in [0.1, 0.15) is 51.0 Å². The molecule has 1 aromatic rings. The average molecular weight is 406 g/mol. The zero-order chi connectivity index (χ0) is 19.9. The number of carbonyl (C=O) groups is 2. The minimum atomic E-state index is -0.394. The van der Waals surface area contributed by atoms with Crippen molar-refractivity contribution in [3.63, 3.8) is 0 Å². The van der Waals surface area contributed by atoms with E-state index in [1.807, 2.05) is 4.90 Å². The molecule has 1 aromatic heterocycles. The molecular formula is C21H28ClN3O3. The van der Waals surface area contributed by atoms with Gasteiger partial charge in [-0.2, -0.15) is 0 Å². The molecule has 152 valence electrons. The van der Waals surface area contributed by atoms with Crippen LogP contribution in [0.5, 0.6) is 0 Å². The highest BCUT2D eigenvalue weighted by atomic mass is 35.5. The third-order valence-corrected chi connectivity index (χ3v) is 5.64. The minimum Gasteiger partial charge on any atom is -0.463 e. The molecule has 2 fully saturated rings. The van der Waals surface area contributed by atoms with Crippen LogP contribution in [-0.4, -0.2) is 47.5 Å². The van der Waals surface area contributed by atoms with Gasteiger partial charge in [-0.05, 0) is 43.9 Å². The number of rotatable bonds is 6. The molecule has 0 spiro atoms. The molecule has 0 radical (unpaired) electrons. The first-order valence-electron chi connectivity index (χ1n) is 10.1. The molecule has 28 heavy (non-hydrogen) atoms. The van der Waals surface area contributed by atoms with Crippen LogP contribution in [0.25, 0.3) is 6.08 Å². The highest BCUT2D eigenvalue weighted by molar-refractivity contribution is 6.33. The largest absolute Gasteiger partial charge is 0.463 e. The molecule has 2 aliphatic rings. The normalized spacial score (nSPS) is 20.5. The fraction of sp³-hybridized carbons (Fsp3) is 0.571. The van der Waals surface area contributed by atoms with Crippen molar-refractivity contribution >= 4 is 35.4 Å². The van der Waals surface area contributed by atoms with Gasteiger partial charge in [-0.25, -0.2) is 9.78 Å². The van der Waals surface area contributed by atoms with E-state index in [-0.39, 0.29) is 12.0 Å². The van der Waals surface area contributed by atoms with Crippen LogP contribution in [-0.2, 0) is 14.3 Å². The van der Waals surface area contributed by atoms with Crippen LogP contribution in [0, 0.1) is 5.92 Å². The third kappa shape index (κ3) is 5.47. The Morgan fingerprint density at radius 1 is 1.32 bits per heavy atom. The van der Waals surface area contributed by atoms with Gasteiger partial charge >= 0.3 is 5.97 Å². The van der Waals surface area contributed by atoms with Gasteiger partial charge in [0.15, 0.2) is 0 Å². The van der Waals surface area contributed by atoms with Crippen LogP contribution in [0.4, 0.5) is 5.82 Å². The zero-order valence-corrected chi connectivity index (χ0v) is 17.1. The summed E-state index contributed by atoms with van der Waals surface area (Å²) >= 11 is 6.35. The summed E-state index contributed by atoms with van der Waals surface area (Å²) in [7, 11) is 0. The van der Waals surface area contributed by atoms with Gasteiger partial charge < -0.3 is 15.0 Å². The third-order valence-electron chi connectivity index (χ3n) is 5.36. The molecule has 1 atom stereocenters. The number of hydrogen-bond acceptors (Lipinski definition) is 5. The quantitative estimate of drug-likeness (QED) is 0.574. The van der Waals surface area contributed by atoms with E-state index < -0.39 is 5.97 Å². The lowest BCUT2D eigenvalue weighted by molar-refractivity contribution is -0.137. The van der Waals surface area contributed by atoms with Crippen molar-refractivity contribution in [2.24, 2.45) is 5.92 Å². The molecule has 3 rings (SSSR count). The van der Waals surface area contributed by atoms with Gasteiger partial charge in [0.1, 0.15) is 5.82 Å². The molecule has 2 heterocycles. The summed E-state index contributed by atoms with van der Waals surface area (Å²) < 4.78 is 4.86. The first kappa shape index (κ1) is 20.6. The van der Waals surface area contributed by atoms with Crippen molar-refractivity contribution in [3.05, 3.63) is 28.9 Å². The number of amides is 1. The van der Waals surface area contributed by atoms with Crippen LogP contribution >= 0.6 is 11.6 Å². The number of aromatic nitrogens is 1. The van der Waals surface area contributed by atoms with Gasteiger partial charge in [0.05, 0.1) is 11.6 Å². The van der Waals surface area contributed by atoms with Crippen LogP contribution in [0.15, 0.2) is 18.3 Å². The summed E-state index contributed by atoms with van der Waals surface area (Å²) in [5, 5.41) is 3.85. The molecule has 1 saturated heterocycles. The van der Waals surface area contributed by atoms with Crippen molar-refractivity contribution in [2.45, 2.75) is 51.5 Å². The second kappa shape index (κ2) is 9.92. The van der Waals surface area contributed by atoms with Crippen LogP contribution < -0.4 is 5.32 Å². The summed E-state index contributed by atoms with van der Waals surface area (Å²) in [4.78, 5) is 30.4. The highest BCUT2D eigenvalue weighted by Crippen LogP contribution is 2.28. The van der Waals surface area contributed by atoms with Crippen molar-refractivity contribution < 1.29 is 14.3 Å². The van der Waals surface area contributed by atoms with E-state index in [4.69, 9.17) is 16.3 Å². The lowest BCUT2D eigenvalue weighted by Crippen LogP contribution is -2.36. The Kier molecular flexibility index (Phi) is 7.31. The second-order valence-corrected chi connectivity index (χ2v) is 7.84. The fourth-order valence-electron chi connectivity index (χ4n) is 3.88. The Morgan fingerprint density at radius 3 is 2.82 bits per heavy atom. The van der Waals surface area contributed by atoms with E-state index in [0.717, 1.165) is 31.4 Å². The van der Waals surface area contributed by atoms with Crippen LogP contribution in [0.2, 0.25) is 5.02 Å². The molecule has 7 heteroatoms. The van der Waals surface area contributed by atoms with E-state index in [2.05, 4.69) is 10.3 Å². The van der Waals surface area contributed by atoms with E-state index >= 15 is 0 Å². The number of carbonyl (C=O) groups excluding carboxylic acids is 2. The Hall–Kier alpha value is -2.08. The van der Waals surface area contributed by atoms with Crippen molar-refractivity contribution in [1.29, 1.82) is 0 Å². The maximum Gasteiger partial charge on any atom is 0.330 e. The van der Waals surface area contributed by atoms with Crippen LogP contribution in [0.3, 0.4) is 0 Å². The highest BCUT2D eigenvalue weighted by Gasteiger charge is 2.31. The molecule has 6 nitrogen and oxygen atoms in total. The number of halogens is 1. The lowest BCUT2D eigenvalue weighted by atomic mass is 9.88. The number of esters is 1. The number of nitrogens with zero attached hydrogens (tertiary/aromatic N) is 2. The maximum absolute atomic E-state index is 12.7. The molecule has 1 N–H and O–H groups in total. The van der Waals surface area contributed by atoms with Gasteiger partial charge in [-0.3, -0.25) is 4.79 Å². The molecule has 0 unspecified atom stereocenters. The van der Waals surface area contributed by atoms with Crippen molar-refractivity contribution in [1.82, 2.24) is 9.88 Å². The Labute approximate surface area is 171 Å². The SMILES string of the molecule is CCOC(=O)/C=C/c1cnc(N[C@@H]2CCN(C(=O)C3CCCCC3)C2)c(Cl)c1. The molecular weight excluding hydrogens is 378 g/mol. The molecule has 0 bridgehead atoms. The second-order valence-electron chi connectivity index (χ2n) is 7.43. The summed E-state index contributed by atoms with van der Waals surface area (Å²) in [6.07, 6.45) is 11.2. The number of ether oxygens (including phenoxy) is 1. The monoisotopic (exact) mass is 405 g/mol. The molecule has 1 saturated carbocycles. The topological polar surface area (TPSA) is 71.5 Å². The number of pyridine rings is 1.